The van der Waals surface area contributed by atoms with Crippen LogP contribution in [0.3, 0.4) is 0 Å². The maximum absolute atomic E-state index is 12.5. The summed E-state index contributed by atoms with van der Waals surface area (Å²) in [7, 11) is 0. The fraction of sp³-hybridized carbons (Fsp3) is 0.412. The number of aromatic nitrogens is 3. The molecule has 1 aromatic heterocycles. The summed E-state index contributed by atoms with van der Waals surface area (Å²) in [5.74, 6) is 0.467. The molecule has 7 heteroatoms. The van der Waals surface area contributed by atoms with Gasteiger partial charge in [-0.2, -0.15) is 0 Å². The number of hydrogen-bond donors (Lipinski definition) is 1. The van der Waals surface area contributed by atoms with Crippen molar-refractivity contribution < 1.29 is 9.59 Å². The first-order valence-electron chi connectivity index (χ1n) is 8.30. The molecule has 124 valence electrons. The average molecular weight is 325 g/mol. The molecule has 1 aromatic carbocycles. The first-order valence-corrected chi connectivity index (χ1v) is 8.30. The molecule has 2 heterocycles. The van der Waals surface area contributed by atoms with Crippen molar-refractivity contribution in [2.45, 2.75) is 32.2 Å². The van der Waals surface area contributed by atoms with Crippen molar-refractivity contribution in [2.24, 2.45) is 5.92 Å². The number of nitrogens with one attached hydrogen (secondary N) is 1. The van der Waals surface area contributed by atoms with E-state index in [0.29, 0.717) is 12.4 Å². The van der Waals surface area contributed by atoms with Crippen LogP contribution >= 0.6 is 0 Å². The van der Waals surface area contributed by atoms with Crippen molar-refractivity contribution in [1.29, 1.82) is 0 Å². The van der Waals surface area contributed by atoms with E-state index in [4.69, 9.17) is 0 Å². The second kappa shape index (κ2) is 6.07. The molecule has 1 fully saturated rings. The van der Waals surface area contributed by atoms with E-state index in [2.05, 4.69) is 15.6 Å². The van der Waals surface area contributed by atoms with E-state index < -0.39 is 0 Å². The van der Waals surface area contributed by atoms with Crippen LogP contribution in [-0.4, -0.2) is 33.4 Å². The van der Waals surface area contributed by atoms with Gasteiger partial charge in [0.1, 0.15) is 6.54 Å². The monoisotopic (exact) mass is 325 g/mol. The summed E-state index contributed by atoms with van der Waals surface area (Å²) < 4.78 is 1.47. The van der Waals surface area contributed by atoms with Gasteiger partial charge in [-0.1, -0.05) is 29.8 Å². The minimum Gasteiger partial charge on any atom is -0.310 e. The van der Waals surface area contributed by atoms with Gasteiger partial charge in [-0.15, -0.1) is 5.10 Å². The van der Waals surface area contributed by atoms with Crippen molar-refractivity contribution in [3.8, 4) is 0 Å². The van der Waals surface area contributed by atoms with E-state index in [1.165, 1.54) is 10.2 Å². The Labute approximate surface area is 139 Å². The van der Waals surface area contributed by atoms with E-state index in [-0.39, 0.29) is 24.3 Å². The number of carbonyl (C=O) groups is 2. The maximum atomic E-state index is 12.5. The van der Waals surface area contributed by atoms with Crippen LogP contribution in [0.25, 0.3) is 0 Å². The molecule has 2 aromatic rings. The van der Waals surface area contributed by atoms with Crippen LogP contribution in [0, 0.1) is 5.92 Å². The van der Waals surface area contributed by atoms with Crippen LogP contribution in [0.5, 0.6) is 0 Å². The number of nitrogens with zero attached hydrogens (tertiary/aromatic N) is 4. The highest BCUT2D eigenvalue weighted by Crippen LogP contribution is 2.28. The third-order valence-electron chi connectivity index (χ3n) is 4.75. The first kappa shape index (κ1) is 14.9. The van der Waals surface area contributed by atoms with E-state index in [1.54, 1.807) is 11.1 Å². The number of para-hydroxylation sites is 1. The van der Waals surface area contributed by atoms with Crippen LogP contribution < -0.4 is 10.2 Å². The largest absolute Gasteiger partial charge is 0.310 e. The standard InChI is InChI=1S/C17H19N5O2/c23-16(22-9-8-12-4-1-2-7-14(12)22)11-21-10-15(19-20-21)18-17(24)13-5-3-6-13/h1-2,4,7,10,13H,3,5-6,8-9,11H2,(H,18,24). The summed E-state index contributed by atoms with van der Waals surface area (Å²) in [5, 5.41) is 10.6. The van der Waals surface area contributed by atoms with Crippen LogP contribution in [-0.2, 0) is 22.6 Å². The smallest absolute Gasteiger partial charge is 0.248 e. The molecule has 2 amide bonds. The highest BCUT2D eigenvalue weighted by molar-refractivity contribution is 5.95. The van der Waals surface area contributed by atoms with Gasteiger partial charge in [0.05, 0.1) is 6.20 Å². The Kier molecular flexibility index (Phi) is 3.76. The van der Waals surface area contributed by atoms with Gasteiger partial charge in [-0.3, -0.25) is 9.59 Å². The molecule has 1 aliphatic heterocycles. The fourth-order valence-corrected chi connectivity index (χ4v) is 3.15. The van der Waals surface area contributed by atoms with Crippen LogP contribution in [0.15, 0.2) is 30.5 Å². The summed E-state index contributed by atoms with van der Waals surface area (Å²) in [4.78, 5) is 26.2. The fourth-order valence-electron chi connectivity index (χ4n) is 3.15. The molecule has 0 bridgehead atoms. The number of amides is 2. The van der Waals surface area contributed by atoms with Gasteiger partial charge in [0.25, 0.3) is 0 Å². The van der Waals surface area contributed by atoms with Gasteiger partial charge in [0.15, 0.2) is 5.82 Å². The van der Waals surface area contributed by atoms with Gasteiger partial charge in [-0.25, -0.2) is 4.68 Å². The zero-order valence-corrected chi connectivity index (χ0v) is 13.3. The molecule has 0 atom stereocenters. The second-order valence-corrected chi connectivity index (χ2v) is 6.34. The van der Waals surface area contributed by atoms with Gasteiger partial charge in [-0.05, 0) is 30.9 Å². The Bertz CT molecular complexity index is 781. The predicted octanol–water partition coefficient (Wildman–Crippen LogP) is 1.61. The van der Waals surface area contributed by atoms with Gasteiger partial charge < -0.3 is 10.2 Å². The molecule has 2 aliphatic rings. The quantitative estimate of drug-likeness (QED) is 0.926. The van der Waals surface area contributed by atoms with Crippen molar-refractivity contribution in [3.05, 3.63) is 36.0 Å². The van der Waals surface area contributed by atoms with Crippen LogP contribution in [0.1, 0.15) is 24.8 Å². The lowest BCUT2D eigenvalue weighted by Crippen LogP contribution is -2.32. The minimum absolute atomic E-state index is 0.00639. The molecule has 1 saturated carbocycles. The lowest BCUT2D eigenvalue weighted by atomic mass is 9.85. The van der Waals surface area contributed by atoms with Crippen molar-refractivity contribution in [1.82, 2.24) is 15.0 Å². The highest BCUT2D eigenvalue weighted by Gasteiger charge is 2.26. The zero-order valence-electron chi connectivity index (χ0n) is 13.3. The number of benzene rings is 1. The second-order valence-electron chi connectivity index (χ2n) is 6.34. The molecule has 1 aliphatic carbocycles. The van der Waals surface area contributed by atoms with E-state index >= 15 is 0 Å². The lowest BCUT2D eigenvalue weighted by Gasteiger charge is -2.23. The topological polar surface area (TPSA) is 80.1 Å². The van der Waals surface area contributed by atoms with Gasteiger partial charge in [0, 0.05) is 18.2 Å². The van der Waals surface area contributed by atoms with Crippen molar-refractivity contribution in [2.75, 3.05) is 16.8 Å². The number of carbonyl (C=O) groups excluding carboxylic acids is 2. The number of fused-ring (bicyclic) bond motifs is 1. The third-order valence-corrected chi connectivity index (χ3v) is 4.75. The summed E-state index contributed by atoms with van der Waals surface area (Å²) in [6.07, 6.45) is 5.47. The van der Waals surface area contributed by atoms with E-state index in [9.17, 15) is 9.59 Å². The van der Waals surface area contributed by atoms with Gasteiger partial charge in [0.2, 0.25) is 11.8 Å². The zero-order chi connectivity index (χ0) is 16.5. The number of rotatable bonds is 4. The molecular weight excluding hydrogens is 306 g/mol. The Morgan fingerprint density at radius 1 is 1.25 bits per heavy atom. The molecule has 1 N–H and O–H groups in total. The summed E-state index contributed by atoms with van der Waals surface area (Å²) >= 11 is 0. The lowest BCUT2D eigenvalue weighted by molar-refractivity contribution is -0.122. The Balaban J connectivity index is 1.39. The normalized spacial score (nSPS) is 16.6. The summed E-state index contributed by atoms with van der Waals surface area (Å²) in [6, 6.07) is 7.94. The summed E-state index contributed by atoms with van der Waals surface area (Å²) in [5.41, 5.74) is 2.17. The molecule has 0 saturated heterocycles. The molecule has 0 spiro atoms. The molecule has 0 radical (unpaired) electrons. The first-order chi connectivity index (χ1) is 11.7. The summed E-state index contributed by atoms with van der Waals surface area (Å²) in [6.45, 7) is 0.804. The van der Waals surface area contributed by atoms with Crippen molar-refractivity contribution >= 4 is 23.3 Å². The van der Waals surface area contributed by atoms with Crippen molar-refractivity contribution in [3.63, 3.8) is 0 Å². The van der Waals surface area contributed by atoms with Crippen LogP contribution in [0.2, 0.25) is 0 Å². The van der Waals surface area contributed by atoms with Crippen LogP contribution in [0.4, 0.5) is 11.5 Å². The average Bonchev–Trinajstić information content (AvgIpc) is 3.12. The molecular formula is C17H19N5O2. The Hall–Kier alpha value is -2.70. The number of hydrogen-bond acceptors (Lipinski definition) is 4. The molecule has 7 nitrogen and oxygen atoms in total. The Morgan fingerprint density at radius 2 is 2.08 bits per heavy atom. The molecule has 4 rings (SSSR count). The van der Waals surface area contributed by atoms with E-state index in [0.717, 1.165) is 31.4 Å². The minimum atomic E-state index is -0.0262. The third kappa shape index (κ3) is 2.77. The Morgan fingerprint density at radius 3 is 2.88 bits per heavy atom. The molecule has 24 heavy (non-hydrogen) atoms. The van der Waals surface area contributed by atoms with E-state index in [1.807, 2.05) is 24.3 Å². The predicted molar refractivity (Wildman–Crippen MR) is 88.5 cm³/mol. The number of anilines is 2. The molecule has 0 unspecified atom stereocenters. The SMILES string of the molecule is O=C(Nc1cn(CC(=O)N2CCc3ccccc32)nn1)C1CCC1. The highest BCUT2D eigenvalue weighted by atomic mass is 16.2. The maximum Gasteiger partial charge on any atom is 0.248 e. The van der Waals surface area contributed by atoms with Gasteiger partial charge >= 0.3 is 0 Å².